The number of nitrogens with zero attached hydrogens (tertiary/aromatic N) is 2. The molecular weight excluding hydrogens is 322 g/mol. The summed E-state index contributed by atoms with van der Waals surface area (Å²) in [5.74, 6) is 0.846. The molecule has 0 atom stereocenters. The Morgan fingerprint density at radius 1 is 1.00 bits per heavy atom. The van der Waals surface area contributed by atoms with Crippen molar-refractivity contribution in [3.8, 4) is 0 Å². The van der Waals surface area contributed by atoms with Crippen LogP contribution in [0.4, 0.5) is 17.1 Å². The maximum Gasteiger partial charge on any atom is 0.112 e. The molecule has 19 heavy (non-hydrogen) atoms. The molecule has 1 heterocycles. The molecule has 0 radical (unpaired) electrons. The van der Waals surface area contributed by atoms with E-state index in [2.05, 4.69) is 66.1 Å². The van der Waals surface area contributed by atoms with Gasteiger partial charge in [-0.3, -0.25) is 8.23 Å². The summed E-state index contributed by atoms with van der Waals surface area (Å²) in [6.07, 6.45) is 0. The van der Waals surface area contributed by atoms with Crippen LogP contribution < -0.4 is 13.5 Å². The molecule has 3 nitrogen and oxygen atoms in total. The molecule has 0 bridgehead atoms. The molecule has 1 aliphatic heterocycles. The molecule has 2 aromatic rings. The second-order valence-electron chi connectivity index (χ2n) is 4.19. The number of hydrogen-bond donors (Lipinski definition) is 1. The molecule has 0 fully saturated rings. The number of hydrogen-bond acceptors (Lipinski definition) is 4. The van der Waals surface area contributed by atoms with Gasteiger partial charge in [-0.05, 0) is 36.2 Å². The summed E-state index contributed by atoms with van der Waals surface area (Å²) in [6.45, 7) is 0.848. The van der Waals surface area contributed by atoms with Crippen molar-refractivity contribution in [2.75, 3.05) is 26.1 Å². The Bertz CT molecular complexity index is 549. The van der Waals surface area contributed by atoms with E-state index in [4.69, 9.17) is 0 Å². The van der Waals surface area contributed by atoms with E-state index in [0.29, 0.717) is 0 Å². The third-order valence-electron chi connectivity index (χ3n) is 2.93. The van der Waals surface area contributed by atoms with Gasteiger partial charge in [0.1, 0.15) is 6.67 Å². The van der Waals surface area contributed by atoms with Gasteiger partial charge in [0.2, 0.25) is 0 Å². The first-order valence-corrected chi connectivity index (χ1v) is 7.71. The Kier molecular flexibility index (Phi) is 3.84. The molecule has 2 aromatic carbocycles. The predicted molar refractivity (Wildman–Crippen MR) is 87.7 cm³/mol. The van der Waals surface area contributed by atoms with Crippen molar-refractivity contribution in [3.05, 3.63) is 54.6 Å². The van der Waals surface area contributed by atoms with E-state index in [1.54, 1.807) is 11.9 Å². The molecule has 1 aliphatic rings. The highest BCUT2D eigenvalue weighted by atomic mass is 79.9. The van der Waals surface area contributed by atoms with Gasteiger partial charge in [-0.2, -0.15) is 0 Å². The molecule has 98 valence electrons. The molecular formula is C14H14BrN3S. The predicted octanol–water partition coefficient (Wildman–Crippen LogP) is 4.30. The van der Waals surface area contributed by atoms with Crippen LogP contribution in [0.5, 0.6) is 0 Å². The third kappa shape index (κ3) is 2.82. The Morgan fingerprint density at radius 2 is 1.68 bits per heavy atom. The van der Waals surface area contributed by atoms with Crippen LogP contribution in [0.25, 0.3) is 0 Å². The number of nitrogens with one attached hydrogen (secondary N) is 1. The molecule has 5 heteroatoms. The highest BCUT2D eigenvalue weighted by molar-refractivity contribution is 9.10. The van der Waals surface area contributed by atoms with Gasteiger partial charge in [-0.1, -0.05) is 30.3 Å². The Balaban J connectivity index is 1.60. The van der Waals surface area contributed by atoms with Gasteiger partial charge in [0, 0.05) is 5.69 Å². The van der Waals surface area contributed by atoms with Crippen LogP contribution >= 0.6 is 28.1 Å². The summed E-state index contributed by atoms with van der Waals surface area (Å²) >= 11 is 5.35. The summed E-state index contributed by atoms with van der Waals surface area (Å²) in [4.78, 5) is 0. The Labute approximate surface area is 126 Å². The topological polar surface area (TPSA) is 18.5 Å². The molecule has 0 saturated heterocycles. The minimum atomic E-state index is 0.846. The molecule has 0 spiro atoms. The molecule has 0 aromatic heterocycles. The van der Waals surface area contributed by atoms with Crippen LogP contribution in [-0.4, -0.2) is 12.5 Å². The maximum absolute atomic E-state index is 3.57. The van der Waals surface area contributed by atoms with Crippen molar-refractivity contribution >= 4 is 45.2 Å². The standard InChI is InChI=1S/C14H14BrN3S/c15-17-11-18(14-9-5-4-8-13(14)17)19-10-16-12-6-2-1-3-7-12/h1-9,16H,10-11H2. The zero-order valence-corrected chi connectivity index (χ0v) is 12.7. The van der Waals surface area contributed by atoms with E-state index in [9.17, 15) is 0 Å². The van der Waals surface area contributed by atoms with Gasteiger partial charge >= 0.3 is 0 Å². The van der Waals surface area contributed by atoms with Crippen molar-refractivity contribution in [2.45, 2.75) is 0 Å². The lowest BCUT2D eigenvalue weighted by atomic mass is 10.3. The lowest BCUT2D eigenvalue weighted by molar-refractivity contribution is 1.13. The molecule has 0 saturated carbocycles. The molecule has 0 amide bonds. The number of benzene rings is 2. The largest absolute Gasteiger partial charge is 0.374 e. The lowest BCUT2D eigenvalue weighted by Crippen LogP contribution is -2.20. The number of para-hydroxylation sites is 3. The third-order valence-corrected chi connectivity index (χ3v) is 4.44. The summed E-state index contributed by atoms with van der Waals surface area (Å²) in [6, 6.07) is 18.7. The van der Waals surface area contributed by atoms with Gasteiger partial charge in [-0.15, -0.1) is 0 Å². The monoisotopic (exact) mass is 335 g/mol. The van der Waals surface area contributed by atoms with Gasteiger partial charge in [0.15, 0.2) is 0 Å². The average molecular weight is 336 g/mol. The van der Waals surface area contributed by atoms with Gasteiger partial charge in [0.25, 0.3) is 0 Å². The van der Waals surface area contributed by atoms with Crippen molar-refractivity contribution < 1.29 is 0 Å². The minimum Gasteiger partial charge on any atom is -0.374 e. The van der Waals surface area contributed by atoms with Crippen molar-refractivity contribution in [1.82, 2.24) is 0 Å². The first kappa shape index (κ1) is 12.7. The molecule has 1 N–H and O–H groups in total. The van der Waals surface area contributed by atoms with Crippen LogP contribution in [0.1, 0.15) is 0 Å². The smallest absolute Gasteiger partial charge is 0.112 e. The molecule has 3 rings (SSSR count). The van der Waals surface area contributed by atoms with Gasteiger partial charge < -0.3 is 5.32 Å². The van der Waals surface area contributed by atoms with Gasteiger partial charge in [-0.25, -0.2) is 0 Å². The van der Waals surface area contributed by atoms with Crippen LogP contribution in [0.3, 0.4) is 0 Å². The number of rotatable bonds is 4. The normalized spacial score (nSPS) is 13.5. The summed E-state index contributed by atoms with van der Waals surface area (Å²) in [5.41, 5.74) is 3.62. The number of anilines is 3. The Morgan fingerprint density at radius 3 is 2.47 bits per heavy atom. The SMILES string of the molecule is BrN1CN(SCNc2ccccc2)c2ccccc21. The van der Waals surface area contributed by atoms with Crippen LogP contribution in [0.15, 0.2) is 54.6 Å². The molecule has 0 aliphatic carbocycles. The number of fused-ring (bicyclic) bond motifs is 1. The van der Waals surface area contributed by atoms with Crippen molar-refractivity contribution in [1.29, 1.82) is 0 Å². The van der Waals surface area contributed by atoms with Crippen LogP contribution in [0, 0.1) is 0 Å². The second-order valence-corrected chi connectivity index (χ2v) is 6.03. The fraction of sp³-hybridized carbons (Fsp3) is 0.143. The van der Waals surface area contributed by atoms with E-state index in [-0.39, 0.29) is 0 Å². The fourth-order valence-electron chi connectivity index (χ4n) is 2.01. The van der Waals surface area contributed by atoms with Crippen molar-refractivity contribution in [2.24, 2.45) is 0 Å². The maximum atomic E-state index is 3.57. The lowest BCUT2D eigenvalue weighted by Gasteiger charge is -2.17. The van der Waals surface area contributed by atoms with E-state index >= 15 is 0 Å². The highest BCUT2D eigenvalue weighted by Gasteiger charge is 2.23. The summed E-state index contributed by atoms with van der Waals surface area (Å²) in [5, 5.41) is 3.40. The highest BCUT2D eigenvalue weighted by Crippen LogP contribution is 2.40. The van der Waals surface area contributed by atoms with E-state index in [1.165, 1.54) is 11.4 Å². The van der Waals surface area contributed by atoms with Crippen molar-refractivity contribution in [3.63, 3.8) is 0 Å². The average Bonchev–Trinajstić information content (AvgIpc) is 2.78. The van der Waals surface area contributed by atoms with Crippen LogP contribution in [-0.2, 0) is 0 Å². The quantitative estimate of drug-likeness (QED) is 0.510. The van der Waals surface area contributed by atoms with E-state index in [0.717, 1.165) is 18.2 Å². The fourth-order valence-corrected chi connectivity index (χ4v) is 3.56. The minimum absolute atomic E-state index is 0.846. The number of halogens is 1. The molecule has 0 unspecified atom stereocenters. The zero-order valence-electron chi connectivity index (χ0n) is 10.3. The summed E-state index contributed by atoms with van der Waals surface area (Å²) in [7, 11) is 0. The first-order valence-electron chi connectivity index (χ1n) is 6.06. The van der Waals surface area contributed by atoms with Gasteiger partial charge in [0.05, 0.1) is 33.4 Å². The van der Waals surface area contributed by atoms with E-state index in [1.807, 2.05) is 18.2 Å². The zero-order chi connectivity index (χ0) is 13.1. The summed E-state index contributed by atoms with van der Waals surface area (Å²) < 4.78 is 4.36. The Hall–Kier alpha value is -1.33. The second kappa shape index (κ2) is 5.75. The van der Waals surface area contributed by atoms with Crippen LogP contribution in [0.2, 0.25) is 0 Å². The first-order chi connectivity index (χ1) is 9.34. The van der Waals surface area contributed by atoms with E-state index < -0.39 is 0 Å².